The highest BCUT2D eigenvalue weighted by Crippen LogP contribution is 2.36. The lowest BCUT2D eigenvalue weighted by Gasteiger charge is -2.19. The van der Waals surface area contributed by atoms with E-state index in [-0.39, 0.29) is 28.2 Å². The Hall–Kier alpha value is -4.06. The predicted molar refractivity (Wildman–Crippen MR) is 155 cm³/mol. The molecule has 0 aliphatic carbocycles. The number of nitrogens with zero attached hydrogens (tertiary/aromatic N) is 2. The van der Waals surface area contributed by atoms with E-state index < -0.39 is 22.1 Å². The van der Waals surface area contributed by atoms with Crippen molar-refractivity contribution < 1.29 is 27.4 Å². The molecular formula is C30H33FN4O5S. The average Bonchev–Trinajstić information content (AvgIpc) is 2.89. The quantitative estimate of drug-likeness (QED) is 0.207. The minimum Gasteiger partial charge on any atom is -0.493 e. The normalized spacial score (nSPS) is 12.4. The van der Waals surface area contributed by atoms with Crippen molar-refractivity contribution >= 4 is 15.8 Å². The van der Waals surface area contributed by atoms with Crippen molar-refractivity contribution in [2.75, 3.05) is 12.3 Å². The summed E-state index contributed by atoms with van der Waals surface area (Å²) >= 11 is 0. The molecule has 1 unspecified atom stereocenters. The number of sulfonamides is 1. The van der Waals surface area contributed by atoms with E-state index in [9.17, 15) is 17.9 Å². The maximum atomic E-state index is 14.5. The van der Waals surface area contributed by atoms with Crippen LogP contribution < -0.4 is 19.9 Å². The van der Waals surface area contributed by atoms with E-state index >= 15 is 0 Å². The molecule has 0 bridgehead atoms. The molecule has 4 aromatic rings. The Morgan fingerprint density at radius 1 is 1.02 bits per heavy atom. The molecule has 216 valence electrons. The fourth-order valence-corrected chi connectivity index (χ4v) is 5.27. The largest absolute Gasteiger partial charge is 0.493 e. The van der Waals surface area contributed by atoms with Crippen LogP contribution in [0.4, 0.5) is 10.2 Å². The molecular weight excluding hydrogens is 547 g/mol. The average molecular weight is 581 g/mol. The van der Waals surface area contributed by atoms with Crippen LogP contribution in [-0.2, 0) is 10.0 Å². The molecule has 2 heterocycles. The van der Waals surface area contributed by atoms with Gasteiger partial charge in [0.2, 0.25) is 0 Å². The number of aliphatic hydroxyl groups is 1. The fourth-order valence-electron chi connectivity index (χ4n) is 4.26. The van der Waals surface area contributed by atoms with Crippen molar-refractivity contribution in [2.24, 2.45) is 5.92 Å². The third-order valence-electron chi connectivity index (χ3n) is 6.03. The first-order valence-electron chi connectivity index (χ1n) is 12.9. The van der Waals surface area contributed by atoms with Crippen molar-refractivity contribution in [2.45, 2.75) is 45.9 Å². The monoisotopic (exact) mass is 580 g/mol. The number of nitrogens with one attached hydrogen (secondary N) is 1. The maximum absolute atomic E-state index is 14.5. The molecule has 9 nitrogen and oxygen atoms in total. The van der Waals surface area contributed by atoms with Crippen LogP contribution in [0.2, 0.25) is 0 Å². The summed E-state index contributed by atoms with van der Waals surface area (Å²) in [5.74, 6) is 0.696. The molecule has 0 saturated heterocycles. The number of pyridine rings is 2. The van der Waals surface area contributed by atoms with Crippen LogP contribution in [0.25, 0.3) is 11.1 Å². The van der Waals surface area contributed by atoms with Crippen molar-refractivity contribution in [3.8, 4) is 28.4 Å². The van der Waals surface area contributed by atoms with Gasteiger partial charge in [-0.05, 0) is 73.7 Å². The summed E-state index contributed by atoms with van der Waals surface area (Å²) in [7, 11) is -4.28. The Bertz CT molecular complexity index is 1650. The standard InChI is InChI=1S/C30H33FN4O5S/c1-17(2)16-39-24-12-21(11-23(31)14-24)22-13-25(40-29-19(4)9-18(3)10-20(29)5)28(33-15-22)30(36)35-41(37,38)27-8-6-7-26(32)34-27/h6-15,17,30,35-36H,16H2,1-5H3,(H2,32,34). The van der Waals surface area contributed by atoms with Crippen LogP contribution in [0.3, 0.4) is 0 Å². The Morgan fingerprint density at radius 2 is 1.73 bits per heavy atom. The minimum atomic E-state index is -4.28. The van der Waals surface area contributed by atoms with Gasteiger partial charge in [0.1, 0.15) is 28.8 Å². The number of anilines is 1. The number of hydrogen-bond donors (Lipinski definition) is 3. The minimum absolute atomic E-state index is 0.00558. The zero-order chi connectivity index (χ0) is 29.9. The van der Waals surface area contributed by atoms with E-state index in [1.54, 1.807) is 12.1 Å². The summed E-state index contributed by atoms with van der Waals surface area (Å²) in [6.07, 6.45) is -0.412. The van der Waals surface area contributed by atoms with E-state index in [4.69, 9.17) is 15.2 Å². The number of benzene rings is 2. The summed E-state index contributed by atoms with van der Waals surface area (Å²) in [5.41, 5.74) is 9.15. The van der Waals surface area contributed by atoms with Crippen molar-refractivity contribution in [3.63, 3.8) is 0 Å². The SMILES string of the molecule is Cc1cc(C)c(Oc2cc(-c3cc(F)cc(OCC(C)C)c3)cnc2C(O)NS(=O)(=O)c2cccc(N)n2)c(C)c1. The second-order valence-electron chi connectivity index (χ2n) is 10.2. The molecule has 0 spiro atoms. The molecule has 2 aromatic heterocycles. The first-order chi connectivity index (χ1) is 19.3. The summed E-state index contributed by atoms with van der Waals surface area (Å²) < 4.78 is 54.6. The van der Waals surface area contributed by atoms with E-state index in [1.807, 2.05) is 46.8 Å². The molecule has 41 heavy (non-hydrogen) atoms. The van der Waals surface area contributed by atoms with Gasteiger partial charge in [0.25, 0.3) is 10.0 Å². The highest BCUT2D eigenvalue weighted by atomic mass is 32.2. The molecule has 11 heteroatoms. The van der Waals surface area contributed by atoms with E-state index in [0.717, 1.165) is 16.7 Å². The van der Waals surface area contributed by atoms with E-state index in [0.29, 0.717) is 29.2 Å². The van der Waals surface area contributed by atoms with Gasteiger partial charge >= 0.3 is 0 Å². The molecule has 1 atom stereocenters. The summed E-state index contributed by atoms with van der Waals surface area (Å²) in [6, 6.07) is 13.9. The van der Waals surface area contributed by atoms with Gasteiger partial charge < -0.3 is 20.3 Å². The van der Waals surface area contributed by atoms with Gasteiger partial charge in [-0.25, -0.2) is 17.8 Å². The third kappa shape index (κ3) is 7.37. The maximum Gasteiger partial charge on any atom is 0.260 e. The number of aliphatic hydroxyl groups excluding tert-OH is 1. The number of nitrogens with two attached hydrogens (primary N) is 1. The molecule has 4 N–H and O–H groups in total. The predicted octanol–water partition coefficient (Wildman–Crippen LogP) is 5.59. The highest BCUT2D eigenvalue weighted by molar-refractivity contribution is 7.89. The van der Waals surface area contributed by atoms with Crippen LogP contribution in [0.1, 0.15) is 42.5 Å². The zero-order valence-corrected chi connectivity index (χ0v) is 24.3. The van der Waals surface area contributed by atoms with E-state index in [2.05, 4.69) is 14.7 Å². The lowest BCUT2D eigenvalue weighted by molar-refractivity contribution is 0.158. The van der Waals surface area contributed by atoms with Gasteiger partial charge in [-0.3, -0.25) is 4.98 Å². The van der Waals surface area contributed by atoms with E-state index in [1.165, 1.54) is 36.5 Å². The number of ether oxygens (including phenoxy) is 2. The number of rotatable bonds is 10. The number of aryl methyl sites for hydroxylation is 3. The lowest BCUT2D eigenvalue weighted by Crippen LogP contribution is -2.30. The first-order valence-corrected chi connectivity index (χ1v) is 14.4. The van der Waals surface area contributed by atoms with Crippen LogP contribution in [0.5, 0.6) is 17.2 Å². The molecule has 2 aromatic carbocycles. The van der Waals surface area contributed by atoms with Crippen LogP contribution >= 0.6 is 0 Å². The zero-order valence-electron chi connectivity index (χ0n) is 23.5. The second kappa shape index (κ2) is 12.2. The van der Waals surface area contributed by atoms with Crippen LogP contribution in [0, 0.1) is 32.5 Å². The third-order valence-corrected chi connectivity index (χ3v) is 7.34. The molecule has 4 rings (SSSR count). The van der Waals surface area contributed by atoms with Gasteiger partial charge in [-0.1, -0.05) is 37.6 Å². The molecule has 0 aliphatic heterocycles. The molecule has 0 amide bonds. The van der Waals surface area contributed by atoms with Crippen LogP contribution in [-0.4, -0.2) is 30.1 Å². The van der Waals surface area contributed by atoms with Gasteiger partial charge in [0.15, 0.2) is 17.0 Å². The Labute approximate surface area is 239 Å². The van der Waals surface area contributed by atoms with Crippen molar-refractivity contribution in [1.29, 1.82) is 0 Å². The number of aromatic nitrogens is 2. The number of hydrogen-bond acceptors (Lipinski definition) is 8. The topological polar surface area (TPSA) is 137 Å². The molecule has 0 aliphatic rings. The smallest absolute Gasteiger partial charge is 0.260 e. The Balaban J connectivity index is 1.77. The van der Waals surface area contributed by atoms with Crippen LogP contribution in [0.15, 0.2) is 65.8 Å². The van der Waals surface area contributed by atoms with Gasteiger partial charge in [0.05, 0.1) is 6.61 Å². The van der Waals surface area contributed by atoms with Crippen molar-refractivity contribution in [1.82, 2.24) is 14.7 Å². The number of nitrogen functional groups attached to an aromatic ring is 1. The van der Waals surface area contributed by atoms with Gasteiger partial charge in [0, 0.05) is 17.8 Å². The summed E-state index contributed by atoms with van der Waals surface area (Å²) in [4.78, 5) is 8.17. The van der Waals surface area contributed by atoms with Crippen molar-refractivity contribution in [3.05, 3.63) is 89.0 Å². The lowest BCUT2D eigenvalue weighted by atomic mass is 10.1. The number of halogens is 1. The summed E-state index contributed by atoms with van der Waals surface area (Å²) in [6.45, 7) is 10.1. The fraction of sp³-hybridized carbons (Fsp3) is 0.267. The van der Waals surface area contributed by atoms with Gasteiger partial charge in [-0.15, -0.1) is 0 Å². The molecule has 0 fully saturated rings. The molecule has 0 radical (unpaired) electrons. The second-order valence-corrected chi connectivity index (χ2v) is 11.9. The highest BCUT2D eigenvalue weighted by Gasteiger charge is 2.26. The Morgan fingerprint density at radius 3 is 2.39 bits per heavy atom. The Kier molecular flexibility index (Phi) is 8.91. The van der Waals surface area contributed by atoms with Gasteiger partial charge in [-0.2, -0.15) is 4.72 Å². The summed E-state index contributed by atoms with van der Waals surface area (Å²) in [5, 5.41) is 10.7. The first kappa shape index (κ1) is 29.9. The molecule has 0 saturated carbocycles.